The number of carboxylic acids is 4. The molecule has 0 aromatic rings. The Morgan fingerprint density at radius 1 is 0.412 bits per heavy atom. The summed E-state index contributed by atoms with van der Waals surface area (Å²) < 4.78 is 40.8. The predicted molar refractivity (Wildman–Crippen MR) is 365 cm³/mol. The molecule has 7 N–H and O–H groups in total. The molecule has 0 saturated heterocycles. The van der Waals surface area contributed by atoms with Crippen molar-refractivity contribution >= 4 is 71.6 Å². The lowest BCUT2D eigenvalue weighted by molar-refractivity contribution is -0.167. The highest BCUT2D eigenvalue weighted by Gasteiger charge is 2.59. The van der Waals surface area contributed by atoms with Gasteiger partial charge in [0.1, 0.15) is 71.2 Å². The summed E-state index contributed by atoms with van der Waals surface area (Å²) in [6.07, 6.45) is 15.4. The average molecular weight is 1450 g/mol. The number of aliphatic hydroxyl groups is 3. The molecular formula is C75H118O27. The molecule has 7 fully saturated rings. The molecule has 7 saturated carbocycles. The summed E-state index contributed by atoms with van der Waals surface area (Å²) in [5.74, 6) is -8.67. The van der Waals surface area contributed by atoms with E-state index in [9.17, 15) is 83.1 Å². The minimum absolute atomic E-state index is 0.00176. The Labute approximate surface area is 599 Å². The molecule has 8 rings (SSSR count). The number of hydrogen-bond acceptors (Lipinski definition) is 23. The topological polar surface area (TPSA) is 420 Å². The third kappa shape index (κ3) is 26.8. The molecule has 0 aromatic carbocycles. The molecule has 11 unspecified atom stereocenters. The smallest absolute Gasteiger partial charge is 0.311 e. The SMILES string of the molecule is CCC(C)(C)C(=O)OCC(O)COC(=O)C1C2C=CC(C2)C1C(=O)O.CCC(C)(C)C(=O)OCC(O)COC(=O)C1CCCC(C(=O)O)C1.CCC(C)(C)C(=O)OCC(O)COC(=O)CC12CC3CC(CC(CC(=O)O)(C3)C1)C2.CCC(C)(C)C(=O)OCCOC(=O)CC1(CC(=O)O)CCCC1. The highest BCUT2D eigenvalue weighted by atomic mass is 16.6. The number of ether oxygens (including phenoxy) is 8. The molecule has 27 nitrogen and oxygen atoms in total. The van der Waals surface area contributed by atoms with Crippen LogP contribution in [-0.4, -0.2) is 179 Å². The van der Waals surface area contributed by atoms with E-state index in [1.165, 1.54) is 0 Å². The monoisotopic (exact) mass is 1450 g/mol. The predicted octanol–water partition coefficient (Wildman–Crippen LogP) is 9.41. The molecule has 0 spiro atoms. The van der Waals surface area contributed by atoms with Gasteiger partial charge < -0.3 is 73.6 Å². The van der Waals surface area contributed by atoms with Crippen LogP contribution in [-0.2, 0) is 95.4 Å². The summed E-state index contributed by atoms with van der Waals surface area (Å²) in [6.45, 7) is 20.2. The average Bonchev–Trinajstić information content (AvgIpc) is 0.942. The summed E-state index contributed by atoms with van der Waals surface area (Å²) in [5.41, 5.74) is -3.22. The second-order valence-corrected chi connectivity index (χ2v) is 32.4. The molecular weight excluding hydrogens is 1330 g/mol. The van der Waals surface area contributed by atoms with Crippen LogP contribution in [0.4, 0.5) is 0 Å². The number of allylic oxidation sites excluding steroid dienone is 2. The van der Waals surface area contributed by atoms with Crippen LogP contribution in [0.3, 0.4) is 0 Å². The van der Waals surface area contributed by atoms with E-state index in [4.69, 9.17) is 48.1 Å². The van der Waals surface area contributed by atoms with Gasteiger partial charge in [0, 0.05) is 0 Å². The van der Waals surface area contributed by atoms with Gasteiger partial charge in [-0.15, -0.1) is 0 Å². The van der Waals surface area contributed by atoms with Gasteiger partial charge in [-0.1, -0.05) is 59.1 Å². The van der Waals surface area contributed by atoms with Gasteiger partial charge in [-0.3, -0.25) is 57.5 Å². The summed E-state index contributed by atoms with van der Waals surface area (Å²) in [6, 6.07) is 0. The Balaban J connectivity index is 0.000000290. The van der Waals surface area contributed by atoms with Crippen molar-refractivity contribution in [3.63, 3.8) is 0 Å². The van der Waals surface area contributed by atoms with E-state index < -0.39 is 123 Å². The zero-order chi connectivity index (χ0) is 76.8. The first kappa shape index (κ1) is 87.7. The van der Waals surface area contributed by atoms with E-state index in [1.807, 2.05) is 39.8 Å². The van der Waals surface area contributed by atoms with E-state index >= 15 is 0 Å². The van der Waals surface area contributed by atoms with E-state index in [-0.39, 0.29) is 126 Å². The molecule has 0 aliphatic heterocycles. The van der Waals surface area contributed by atoms with Gasteiger partial charge in [0.15, 0.2) is 0 Å². The summed E-state index contributed by atoms with van der Waals surface area (Å²) >= 11 is 0. The van der Waals surface area contributed by atoms with Gasteiger partial charge in [-0.2, -0.15) is 0 Å². The lowest BCUT2D eigenvalue weighted by atomic mass is 9.43. The van der Waals surface area contributed by atoms with Crippen molar-refractivity contribution in [1.29, 1.82) is 0 Å². The first-order valence-corrected chi connectivity index (χ1v) is 36.5. The molecule has 0 amide bonds. The number of carbonyl (C=O) groups excluding carboxylic acids is 8. The number of carbonyl (C=O) groups is 12. The van der Waals surface area contributed by atoms with Gasteiger partial charge in [0.2, 0.25) is 0 Å². The van der Waals surface area contributed by atoms with Crippen LogP contribution in [0.5, 0.6) is 0 Å². The van der Waals surface area contributed by atoms with Crippen LogP contribution in [0, 0.1) is 85.2 Å². The Morgan fingerprint density at radius 3 is 1.23 bits per heavy atom. The van der Waals surface area contributed by atoms with Crippen molar-refractivity contribution < 1.29 is 131 Å². The van der Waals surface area contributed by atoms with Crippen LogP contribution in [0.25, 0.3) is 0 Å². The lowest BCUT2D eigenvalue weighted by Gasteiger charge is -2.61. The van der Waals surface area contributed by atoms with Crippen molar-refractivity contribution in [2.75, 3.05) is 52.9 Å². The van der Waals surface area contributed by atoms with Crippen LogP contribution in [0.2, 0.25) is 0 Å². The molecule has 8 aliphatic rings. The highest BCUT2D eigenvalue weighted by Crippen LogP contribution is 2.67. The van der Waals surface area contributed by atoms with E-state index in [0.29, 0.717) is 63.2 Å². The highest BCUT2D eigenvalue weighted by molar-refractivity contribution is 5.84. The molecule has 8 aliphatic carbocycles. The molecule has 27 heteroatoms. The summed E-state index contributed by atoms with van der Waals surface area (Å²) in [4.78, 5) is 141. The molecule has 0 radical (unpaired) electrons. The first-order valence-electron chi connectivity index (χ1n) is 36.5. The second kappa shape index (κ2) is 38.9. The molecule has 580 valence electrons. The van der Waals surface area contributed by atoms with Gasteiger partial charge in [0.25, 0.3) is 0 Å². The Morgan fingerprint density at radius 2 is 0.794 bits per heavy atom. The minimum atomic E-state index is -1.14. The van der Waals surface area contributed by atoms with E-state index in [2.05, 4.69) is 0 Å². The van der Waals surface area contributed by atoms with E-state index in [1.54, 1.807) is 55.4 Å². The number of carboxylic acid groups (broad SMARTS) is 4. The fourth-order valence-corrected chi connectivity index (χ4v) is 15.1. The van der Waals surface area contributed by atoms with Gasteiger partial charge >= 0.3 is 71.6 Å². The Bertz CT molecular complexity index is 2890. The van der Waals surface area contributed by atoms with Crippen LogP contribution < -0.4 is 0 Å². The maximum absolute atomic E-state index is 12.5. The van der Waals surface area contributed by atoms with Gasteiger partial charge in [-0.05, 0) is 198 Å². The van der Waals surface area contributed by atoms with Gasteiger partial charge in [0.05, 0.1) is 71.0 Å². The third-order valence-electron chi connectivity index (χ3n) is 22.3. The number of rotatable bonds is 35. The lowest BCUT2D eigenvalue weighted by Crippen LogP contribution is -2.53. The molecule has 0 heterocycles. The maximum Gasteiger partial charge on any atom is 0.311 e. The Kier molecular flexibility index (Phi) is 33.4. The van der Waals surface area contributed by atoms with Crippen LogP contribution in [0.1, 0.15) is 231 Å². The zero-order valence-corrected chi connectivity index (χ0v) is 62.2. The molecule has 6 bridgehead atoms. The molecule has 11 atom stereocenters. The third-order valence-corrected chi connectivity index (χ3v) is 22.3. The van der Waals surface area contributed by atoms with E-state index in [0.717, 1.165) is 64.2 Å². The molecule has 0 aromatic heterocycles. The van der Waals surface area contributed by atoms with Crippen molar-refractivity contribution in [3.8, 4) is 0 Å². The standard InChI is InChI=1S/C23H36O7.C18H26O7.C17H28O7.C17H28O6/c1-4-21(2,3)20(28)30-13-17(24)12-29-19(27)11-23-8-15-5-16(9-23)7-22(6-15,14-23)10-18(25)26;1-4-18(2,3)17(23)25-9-12(19)8-24-16(22)14-11-6-5-10(7-11)13(14)15(20)21;1-4-17(2,3)16(22)24-10-13(18)9-23-15(21)12-7-5-6-11(8-12)14(19)20;1-4-16(2,3)15(21)23-10-9-22-14(20)12-17(11-13(18)19)7-5-6-8-17/h15-17,24H,4-14H2,1-3H3,(H,25,26);5-6,10-14,19H,4,7-9H2,1-3H3,(H,20,21);11-13,18H,4-10H2,1-3H3,(H,19,20);4-12H2,1-3H3,(H,18,19). The van der Waals surface area contributed by atoms with Crippen LogP contribution in [0.15, 0.2) is 12.2 Å². The number of esters is 8. The second-order valence-electron chi connectivity index (χ2n) is 32.4. The number of fused-ring (bicyclic) bond motifs is 2. The normalized spacial score (nSPS) is 25.9. The van der Waals surface area contributed by atoms with Crippen molar-refractivity contribution in [1.82, 2.24) is 0 Å². The summed E-state index contributed by atoms with van der Waals surface area (Å²) in [5, 5.41) is 66.4. The van der Waals surface area contributed by atoms with Crippen molar-refractivity contribution in [3.05, 3.63) is 12.2 Å². The number of aliphatic carboxylic acids is 4. The largest absolute Gasteiger partial charge is 0.481 e. The number of hydrogen-bond donors (Lipinski definition) is 7. The fourth-order valence-electron chi connectivity index (χ4n) is 15.1. The summed E-state index contributed by atoms with van der Waals surface area (Å²) in [7, 11) is 0. The zero-order valence-electron chi connectivity index (χ0n) is 62.2. The van der Waals surface area contributed by atoms with Crippen molar-refractivity contribution in [2.45, 2.75) is 249 Å². The number of aliphatic hydroxyl groups excluding tert-OH is 3. The van der Waals surface area contributed by atoms with Gasteiger partial charge in [-0.25, -0.2) is 0 Å². The maximum atomic E-state index is 12.5. The van der Waals surface area contributed by atoms with Crippen molar-refractivity contribution in [2.24, 2.45) is 85.2 Å². The first-order chi connectivity index (χ1) is 47.5. The fraction of sp³-hybridized carbons (Fsp3) is 0.813. The molecule has 102 heavy (non-hydrogen) atoms. The Hall–Kier alpha value is -6.74. The quantitative estimate of drug-likeness (QED) is 0.0134. The minimum Gasteiger partial charge on any atom is -0.481 e. The van der Waals surface area contributed by atoms with Crippen LogP contribution >= 0.6 is 0 Å².